The van der Waals surface area contributed by atoms with Crippen LogP contribution in [0, 0.1) is 5.92 Å². The number of amides is 3. The topological polar surface area (TPSA) is 187 Å². The molecule has 8 rings (SSSR count). The largest absolute Gasteiger partial charge is 0.453 e. The average Bonchev–Trinajstić information content (AvgIpc) is 4.08. The number of ether oxygens (including phenoxy) is 1. The van der Waals surface area contributed by atoms with E-state index in [0.29, 0.717) is 36.0 Å². The van der Waals surface area contributed by atoms with Gasteiger partial charge in [-0.3, -0.25) is 9.59 Å². The molecule has 56 heavy (non-hydrogen) atoms. The summed E-state index contributed by atoms with van der Waals surface area (Å²) in [6, 6.07) is 21.6. The molecule has 0 bridgehead atoms. The smallest absolute Gasteiger partial charge is 0.407 e. The Morgan fingerprint density at radius 2 is 1.57 bits per heavy atom. The molecule has 0 spiro atoms. The van der Waals surface area contributed by atoms with E-state index in [9.17, 15) is 19.5 Å². The van der Waals surface area contributed by atoms with E-state index in [-0.39, 0.29) is 29.8 Å². The molecule has 0 aliphatic carbocycles. The normalized spacial score (nSPS) is 18.1. The molecule has 6 aromatic rings. The fourth-order valence-corrected chi connectivity index (χ4v) is 7.76. The Hall–Kier alpha value is -6.35. The first kappa shape index (κ1) is 36.6. The molecule has 2 saturated heterocycles. The number of aromatic amines is 2. The number of rotatable bonds is 10. The van der Waals surface area contributed by atoms with Gasteiger partial charge in [0.2, 0.25) is 5.91 Å². The van der Waals surface area contributed by atoms with Crippen LogP contribution in [0.5, 0.6) is 0 Å². The highest BCUT2D eigenvalue weighted by atomic mass is 16.5. The van der Waals surface area contributed by atoms with Crippen LogP contribution in [0.3, 0.4) is 0 Å². The van der Waals surface area contributed by atoms with Crippen LogP contribution in [-0.2, 0) is 14.3 Å². The predicted octanol–water partition coefficient (Wildman–Crippen LogP) is 5.64. The maximum Gasteiger partial charge on any atom is 0.407 e. The van der Waals surface area contributed by atoms with E-state index in [1.165, 1.54) is 7.11 Å². The van der Waals surface area contributed by atoms with Crippen LogP contribution in [0.1, 0.15) is 74.9 Å². The van der Waals surface area contributed by atoms with Crippen LogP contribution >= 0.6 is 0 Å². The Labute approximate surface area is 323 Å². The molecule has 3 aromatic carbocycles. The van der Waals surface area contributed by atoms with Gasteiger partial charge in [0.15, 0.2) is 6.10 Å². The van der Waals surface area contributed by atoms with Crippen LogP contribution in [0.15, 0.2) is 85.2 Å². The van der Waals surface area contributed by atoms with E-state index in [4.69, 9.17) is 9.72 Å². The van der Waals surface area contributed by atoms with Gasteiger partial charge in [0.25, 0.3) is 5.91 Å². The molecule has 4 atom stereocenters. The van der Waals surface area contributed by atoms with Gasteiger partial charge in [0, 0.05) is 18.7 Å². The number of aliphatic hydroxyl groups excluding tert-OH is 1. The Kier molecular flexibility index (Phi) is 10.1. The minimum Gasteiger partial charge on any atom is -0.453 e. The SMILES string of the molecule is COC(=O)N[C@H](C(=O)N1CCC[C@H]1c1ncc(-c2ccc(-c3cn(-c4ccc5nc([C@@H]6CCCN6C(=O)[C@H](O)c6ccccc6)[nH]c5c4)nn3)cc2)[nH]1)C(C)C. The van der Waals surface area contributed by atoms with E-state index in [0.717, 1.165) is 59.2 Å². The highest BCUT2D eigenvalue weighted by Crippen LogP contribution is 2.35. The maximum absolute atomic E-state index is 13.5. The van der Waals surface area contributed by atoms with Crippen molar-refractivity contribution in [1.29, 1.82) is 0 Å². The van der Waals surface area contributed by atoms with Crippen molar-refractivity contribution in [3.8, 4) is 28.2 Å². The number of likely N-dealkylation sites (tertiary alicyclic amines) is 2. The highest BCUT2D eigenvalue weighted by molar-refractivity contribution is 5.86. The third-order valence-corrected chi connectivity index (χ3v) is 10.8. The van der Waals surface area contributed by atoms with Crippen LogP contribution < -0.4 is 5.32 Å². The van der Waals surface area contributed by atoms with Gasteiger partial charge in [-0.2, -0.15) is 0 Å². The number of aliphatic hydroxyl groups is 1. The van der Waals surface area contributed by atoms with E-state index < -0.39 is 18.2 Å². The minimum atomic E-state index is -1.22. The molecule has 288 valence electrons. The van der Waals surface area contributed by atoms with Gasteiger partial charge in [0.05, 0.1) is 54.0 Å². The Bertz CT molecular complexity index is 2350. The second kappa shape index (κ2) is 15.4. The Morgan fingerprint density at radius 3 is 2.29 bits per heavy atom. The third-order valence-electron chi connectivity index (χ3n) is 10.8. The van der Waals surface area contributed by atoms with Crippen molar-refractivity contribution in [2.75, 3.05) is 20.2 Å². The predicted molar refractivity (Wildman–Crippen MR) is 207 cm³/mol. The standard InChI is InChI=1S/C41H44N10O5/c1-24(2)35(46-41(55)56-3)39(53)49-19-7-11-33(49)37-42-22-31(45-37)25-13-15-26(16-14-25)32-23-51(48-47-32)28-17-18-29-30(21-28)44-38(43-29)34-12-8-20-50(34)40(54)36(52)27-9-5-4-6-10-27/h4-6,9-10,13-18,21-24,33-36,52H,7-8,11-12,19-20H2,1-3H3,(H,42,45)(H,43,44)(H,46,55)/t33-,34-,35-,36+/m0/s1. The lowest BCUT2D eigenvalue weighted by Crippen LogP contribution is -2.51. The van der Waals surface area contributed by atoms with E-state index >= 15 is 0 Å². The zero-order valence-electron chi connectivity index (χ0n) is 31.4. The third kappa shape index (κ3) is 7.12. The van der Waals surface area contributed by atoms with Crippen LogP contribution in [0.4, 0.5) is 4.79 Å². The summed E-state index contributed by atoms with van der Waals surface area (Å²) in [5.41, 5.74) is 6.29. The number of methoxy groups -OCH3 is 1. The van der Waals surface area contributed by atoms with Gasteiger partial charge in [-0.05, 0) is 60.9 Å². The molecule has 2 aliphatic rings. The van der Waals surface area contributed by atoms with Gasteiger partial charge in [-0.15, -0.1) is 5.10 Å². The number of aromatic nitrogens is 7. The van der Waals surface area contributed by atoms with Crippen molar-refractivity contribution in [2.24, 2.45) is 5.92 Å². The molecule has 15 nitrogen and oxygen atoms in total. The van der Waals surface area contributed by atoms with Gasteiger partial charge >= 0.3 is 6.09 Å². The summed E-state index contributed by atoms with van der Waals surface area (Å²) in [5.74, 6) is 0.805. The number of carbonyl (C=O) groups is 3. The number of fused-ring (bicyclic) bond motifs is 1. The van der Waals surface area contributed by atoms with E-state index in [2.05, 4.69) is 30.6 Å². The van der Waals surface area contributed by atoms with Crippen molar-refractivity contribution in [2.45, 2.75) is 63.8 Å². The first-order valence-corrected chi connectivity index (χ1v) is 18.9. The molecule has 4 N–H and O–H groups in total. The monoisotopic (exact) mass is 756 g/mol. The number of alkyl carbamates (subject to hydrolysis) is 1. The molecule has 2 aliphatic heterocycles. The van der Waals surface area contributed by atoms with Crippen molar-refractivity contribution in [3.05, 3.63) is 102 Å². The molecule has 0 saturated carbocycles. The fourth-order valence-electron chi connectivity index (χ4n) is 7.76. The lowest BCUT2D eigenvalue weighted by Gasteiger charge is -2.30. The molecule has 3 amide bonds. The second-order valence-corrected chi connectivity index (χ2v) is 14.7. The summed E-state index contributed by atoms with van der Waals surface area (Å²) >= 11 is 0. The van der Waals surface area contributed by atoms with Crippen LogP contribution in [-0.4, -0.2) is 94.0 Å². The maximum atomic E-state index is 13.5. The second-order valence-electron chi connectivity index (χ2n) is 14.7. The lowest BCUT2D eigenvalue weighted by atomic mass is 10.0. The first-order chi connectivity index (χ1) is 27.2. The number of H-pyrrole nitrogens is 2. The van der Waals surface area contributed by atoms with Crippen molar-refractivity contribution >= 4 is 28.9 Å². The molecule has 3 aromatic heterocycles. The number of benzene rings is 3. The first-order valence-electron chi connectivity index (χ1n) is 18.9. The number of hydrogen-bond acceptors (Lipinski definition) is 9. The average molecular weight is 757 g/mol. The summed E-state index contributed by atoms with van der Waals surface area (Å²) in [6.07, 6.45) is 4.98. The van der Waals surface area contributed by atoms with Crippen molar-refractivity contribution < 1.29 is 24.2 Å². The quantitative estimate of drug-likeness (QED) is 0.137. The summed E-state index contributed by atoms with van der Waals surface area (Å²) in [5, 5.41) is 22.4. The van der Waals surface area contributed by atoms with Crippen LogP contribution in [0.25, 0.3) is 39.2 Å². The molecule has 0 unspecified atom stereocenters. The summed E-state index contributed by atoms with van der Waals surface area (Å²) in [4.78, 5) is 58.7. The highest BCUT2D eigenvalue weighted by Gasteiger charge is 2.38. The number of carbonyl (C=O) groups excluding carboxylic acids is 3. The lowest BCUT2D eigenvalue weighted by molar-refractivity contribution is -0.141. The molecule has 0 radical (unpaired) electrons. The zero-order chi connectivity index (χ0) is 38.9. The Morgan fingerprint density at radius 1 is 0.875 bits per heavy atom. The van der Waals surface area contributed by atoms with Crippen molar-refractivity contribution in [3.63, 3.8) is 0 Å². The van der Waals surface area contributed by atoms with Gasteiger partial charge < -0.3 is 34.9 Å². The molecular formula is C41H44N10O5. The van der Waals surface area contributed by atoms with Crippen molar-refractivity contribution in [1.82, 2.24) is 50.0 Å². The number of nitrogens with zero attached hydrogens (tertiary/aromatic N) is 7. The van der Waals surface area contributed by atoms with Gasteiger partial charge in [-0.1, -0.05) is 73.7 Å². The van der Waals surface area contributed by atoms with E-state index in [1.807, 2.05) is 80.7 Å². The van der Waals surface area contributed by atoms with Crippen LogP contribution in [0.2, 0.25) is 0 Å². The van der Waals surface area contributed by atoms with Gasteiger partial charge in [0.1, 0.15) is 23.4 Å². The number of nitrogens with one attached hydrogen (secondary N) is 3. The molecule has 5 heterocycles. The van der Waals surface area contributed by atoms with E-state index in [1.54, 1.807) is 32.8 Å². The number of hydrogen-bond donors (Lipinski definition) is 4. The molecule has 15 heteroatoms. The fraction of sp³-hybridized carbons (Fsp3) is 0.341. The Balaban J connectivity index is 0.945. The summed E-state index contributed by atoms with van der Waals surface area (Å²) < 4.78 is 6.47. The zero-order valence-corrected chi connectivity index (χ0v) is 31.4. The van der Waals surface area contributed by atoms with Gasteiger partial charge in [-0.25, -0.2) is 19.4 Å². The molecule has 2 fully saturated rings. The summed E-state index contributed by atoms with van der Waals surface area (Å²) in [6.45, 7) is 4.93. The number of imidazole rings is 2. The molecular weight excluding hydrogens is 713 g/mol. The minimum absolute atomic E-state index is 0.112. The summed E-state index contributed by atoms with van der Waals surface area (Å²) in [7, 11) is 1.29.